The largest absolute Gasteiger partial charge is 0.336 e. The molecule has 0 atom stereocenters. The Hall–Kier alpha value is -2.95. The second-order valence-electron chi connectivity index (χ2n) is 7.36. The van der Waals surface area contributed by atoms with Gasteiger partial charge in [0.15, 0.2) is 5.78 Å². The number of rotatable bonds is 7. The first-order valence-corrected chi connectivity index (χ1v) is 9.39. The van der Waals surface area contributed by atoms with Gasteiger partial charge in [-0.05, 0) is 38.8 Å². The predicted octanol–water partition coefficient (Wildman–Crippen LogP) is 3.98. The average molecular weight is 380 g/mol. The third-order valence-electron chi connectivity index (χ3n) is 4.69. The zero-order valence-corrected chi connectivity index (χ0v) is 17.3. The Kier molecular flexibility index (Phi) is 7.10. The minimum Gasteiger partial charge on any atom is -0.336 e. The number of benzene rings is 2. The van der Waals surface area contributed by atoms with E-state index in [-0.39, 0.29) is 37.0 Å². The first-order chi connectivity index (χ1) is 13.2. The van der Waals surface area contributed by atoms with Crippen LogP contribution in [0.1, 0.15) is 45.5 Å². The van der Waals surface area contributed by atoms with Gasteiger partial charge in [0.1, 0.15) is 0 Å². The summed E-state index contributed by atoms with van der Waals surface area (Å²) in [5.74, 6) is -0.555. The van der Waals surface area contributed by atoms with Crippen LogP contribution >= 0.6 is 0 Å². The number of nitrogens with one attached hydrogen (secondary N) is 1. The van der Waals surface area contributed by atoms with Crippen molar-refractivity contribution in [3.05, 3.63) is 64.2 Å². The highest BCUT2D eigenvalue weighted by Crippen LogP contribution is 2.21. The van der Waals surface area contributed by atoms with Crippen molar-refractivity contribution in [1.29, 1.82) is 0 Å². The molecule has 0 aliphatic carbocycles. The number of likely N-dealkylation sites (N-methyl/N-ethyl adjacent to an activating group) is 1. The Labute approximate surface area is 166 Å². The molecule has 148 valence electrons. The Bertz CT molecular complexity index is 862. The molecule has 0 saturated carbocycles. The lowest BCUT2D eigenvalue weighted by atomic mass is 10.0. The van der Waals surface area contributed by atoms with Gasteiger partial charge in [-0.15, -0.1) is 0 Å². The molecular weight excluding hydrogens is 352 g/mol. The van der Waals surface area contributed by atoms with Crippen molar-refractivity contribution in [1.82, 2.24) is 4.90 Å². The van der Waals surface area contributed by atoms with Crippen LogP contribution < -0.4 is 5.32 Å². The van der Waals surface area contributed by atoms with Crippen molar-refractivity contribution in [2.24, 2.45) is 0 Å². The van der Waals surface area contributed by atoms with Crippen LogP contribution in [0.4, 0.5) is 5.69 Å². The van der Waals surface area contributed by atoms with Gasteiger partial charge in [-0.25, -0.2) is 0 Å². The molecule has 0 spiro atoms. The number of amides is 2. The van der Waals surface area contributed by atoms with Crippen LogP contribution in [0.2, 0.25) is 0 Å². The zero-order chi connectivity index (χ0) is 20.8. The van der Waals surface area contributed by atoms with E-state index in [1.54, 1.807) is 19.2 Å². The van der Waals surface area contributed by atoms with E-state index in [4.69, 9.17) is 0 Å². The first-order valence-electron chi connectivity index (χ1n) is 9.39. The summed E-state index contributed by atoms with van der Waals surface area (Å²) in [7, 11) is 1.58. The zero-order valence-electron chi connectivity index (χ0n) is 17.3. The number of Topliss-reactive ketones (excluding diaryl/α,β-unsaturated/α-hetero) is 1. The molecule has 2 aromatic rings. The number of hydrogen-bond donors (Lipinski definition) is 1. The average Bonchev–Trinajstić information content (AvgIpc) is 2.62. The molecule has 5 heteroatoms. The van der Waals surface area contributed by atoms with Gasteiger partial charge < -0.3 is 10.2 Å². The van der Waals surface area contributed by atoms with Crippen LogP contribution in [0.5, 0.6) is 0 Å². The van der Waals surface area contributed by atoms with Crippen molar-refractivity contribution < 1.29 is 14.4 Å². The molecule has 0 aromatic heterocycles. The molecule has 0 bridgehead atoms. The Morgan fingerprint density at radius 3 is 2.00 bits per heavy atom. The van der Waals surface area contributed by atoms with Crippen molar-refractivity contribution in [3.63, 3.8) is 0 Å². The van der Waals surface area contributed by atoms with Crippen molar-refractivity contribution >= 4 is 23.3 Å². The van der Waals surface area contributed by atoms with Crippen molar-refractivity contribution in [2.45, 2.75) is 40.5 Å². The third kappa shape index (κ3) is 5.78. The van der Waals surface area contributed by atoms with Gasteiger partial charge in [0.25, 0.3) is 0 Å². The molecule has 2 amide bonds. The van der Waals surface area contributed by atoms with E-state index in [1.165, 1.54) is 4.90 Å². The standard InChI is InChI=1S/C23H28N2O3/c1-15-6-8-19(9-7-15)20(26)10-11-22(28)25(5)14-21(27)24-23-17(3)12-16(2)13-18(23)4/h6-9,12-13H,10-11,14H2,1-5H3,(H,24,27). The fourth-order valence-corrected chi connectivity index (χ4v) is 3.15. The maximum absolute atomic E-state index is 12.3. The Balaban J connectivity index is 1.87. The summed E-state index contributed by atoms with van der Waals surface area (Å²) in [6.07, 6.45) is 0.211. The molecule has 0 aliphatic heterocycles. The lowest BCUT2D eigenvalue weighted by molar-refractivity contribution is -0.133. The van der Waals surface area contributed by atoms with E-state index in [0.29, 0.717) is 5.56 Å². The summed E-state index contributed by atoms with van der Waals surface area (Å²) in [6.45, 7) is 7.81. The van der Waals surface area contributed by atoms with Crippen molar-refractivity contribution in [2.75, 3.05) is 18.9 Å². The summed E-state index contributed by atoms with van der Waals surface area (Å²) < 4.78 is 0. The lowest BCUT2D eigenvalue weighted by Gasteiger charge is -2.18. The minimum atomic E-state index is -0.254. The quantitative estimate of drug-likeness (QED) is 0.739. The second kappa shape index (κ2) is 9.31. The van der Waals surface area contributed by atoms with E-state index < -0.39 is 0 Å². The smallest absolute Gasteiger partial charge is 0.243 e. The molecule has 2 rings (SSSR count). The summed E-state index contributed by atoms with van der Waals surface area (Å²) in [5, 5.41) is 2.89. The number of carbonyl (C=O) groups excluding carboxylic acids is 3. The topological polar surface area (TPSA) is 66.5 Å². The fraction of sp³-hybridized carbons (Fsp3) is 0.348. The highest BCUT2D eigenvalue weighted by molar-refractivity contribution is 5.99. The van der Waals surface area contributed by atoms with Crippen LogP contribution in [0.25, 0.3) is 0 Å². The molecule has 0 fully saturated rings. The molecule has 0 heterocycles. The molecule has 0 aliphatic rings. The number of hydrogen-bond acceptors (Lipinski definition) is 3. The van der Waals surface area contributed by atoms with E-state index in [1.807, 2.05) is 52.0 Å². The molecule has 1 N–H and O–H groups in total. The van der Waals surface area contributed by atoms with Crippen LogP contribution in [0.3, 0.4) is 0 Å². The molecule has 28 heavy (non-hydrogen) atoms. The minimum absolute atomic E-state index is 0.0513. The monoisotopic (exact) mass is 380 g/mol. The van der Waals surface area contributed by atoms with E-state index >= 15 is 0 Å². The summed E-state index contributed by atoms with van der Waals surface area (Å²) >= 11 is 0. The molecule has 0 radical (unpaired) electrons. The van der Waals surface area contributed by atoms with Gasteiger partial charge in [0, 0.05) is 31.1 Å². The summed E-state index contributed by atoms with van der Waals surface area (Å²) in [5.41, 5.74) is 5.58. The number of nitrogens with zero attached hydrogens (tertiary/aromatic N) is 1. The van der Waals surface area contributed by atoms with Crippen LogP contribution in [0, 0.1) is 27.7 Å². The highest BCUT2D eigenvalue weighted by atomic mass is 16.2. The summed E-state index contributed by atoms with van der Waals surface area (Å²) in [4.78, 5) is 38.2. The number of carbonyl (C=O) groups is 3. The van der Waals surface area contributed by atoms with Gasteiger partial charge in [-0.3, -0.25) is 14.4 Å². The maximum atomic E-state index is 12.3. The Morgan fingerprint density at radius 2 is 1.43 bits per heavy atom. The van der Waals surface area contributed by atoms with Crippen LogP contribution in [-0.2, 0) is 9.59 Å². The van der Waals surface area contributed by atoms with E-state index in [0.717, 1.165) is 27.9 Å². The Morgan fingerprint density at radius 1 is 0.857 bits per heavy atom. The maximum Gasteiger partial charge on any atom is 0.243 e. The summed E-state index contributed by atoms with van der Waals surface area (Å²) in [6, 6.07) is 11.3. The lowest BCUT2D eigenvalue weighted by Crippen LogP contribution is -2.35. The number of aryl methyl sites for hydroxylation is 4. The van der Waals surface area contributed by atoms with Crippen LogP contribution in [0.15, 0.2) is 36.4 Å². The second-order valence-corrected chi connectivity index (χ2v) is 7.36. The van der Waals surface area contributed by atoms with Crippen molar-refractivity contribution in [3.8, 4) is 0 Å². The fourth-order valence-electron chi connectivity index (χ4n) is 3.15. The van der Waals surface area contributed by atoms with Gasteiger partial charge in [-0.1, -0.05) is 47.5 Å². The molecule has 5 nitrogen and oxygen atoms in total. The SMILES string of the molecule is Cc1ccc(C(=O)CCC(=O)N(C)CC(=O)Nc2c(C)cc(C)cc2C)cc1. The molecule has 0 saturated heterocycles. The van der Waals surface area contributed by atoms with Crippen LogP contribution in [-0.4, -0.2) is 36.1 Å². The van der Waals surface area contributed by atoms with Gasteiger partial charge in [-0.2, -0.15) is 0 Å². The van der Waals surface area contributed by atoms with Gasteiger partial charge in [0.05, 0.1) is 6.54 Å². The highest BCUT2D eigenvalue weighted by Gasteiger charge is 2.16. The normalized spacial score (nSPS) is 10.5. The molecule has 0 unspecified atom stereocenters. The van der Waals surface area contributed by atoms with E-state index in [9.17, 15) is 14.4 Å². The third-order valence-corrected chi connectivity index (χ3v) is 4.69. The molecule has 2 aromatic carbocycles. The number of anilines is 1. The van der Waals surface area contributed by atoms with E-state index in [2.05, 4.69) is 5.32 Å². The van der Waals surface area contributed by atoms with Gasteiger partial charge in [0.2, 0.25) is 11.8 Å². The molecular formula is C23H28N2O3. The first kappa shape index (κ1) is 21.4. The predicted molar refractivity (Wildman–Crippen MR) is 112 cm³/mol. The number of ketones is 1. The van der Waals surface area contributed by atoms with Gasteiger partial charge >= 0.3 is 0 Å².